The summed E-state index contributed by atoms with van der Waals surface area (Å²) in [4.78, 5) is 11.5. The Labute approximate surface area is 110 Å². The van der Waals surface area contributed by atoms with Gasteiger partial charge in [0.1, 0.15) is 10.8 Å². The summed E-state index contributed by atoms with van der Waals surface area (Å²) in [5.41, 5.74) is 6.25. The molecule has 0 atom stereocenters. The number of amides is 1. The molecule has 1 amide bonds. The van der Waals surface area contributed by atoms with Crippen LogP contribution in [0.4, 0.5) is 4.39 Å². The van der Waals surface area contributed by atoms with E-state index in [9.17, 15) is 9.18 Å². The van der Waals surface area contributed by atoms with Gasteiger partial charge in [-0.15, -0.1) is 0 Å². The molecule has 0 aliphatic heterocycles. The van der Waals surface area contributed by atoms with Crippen molar-refractivity contribution in [3.05, 3.63) is 35.1 Å². The lowest BCUT2D eigenvalue weighted by atomic mass is 10.1. The number of benzene rings is 1. The predicted octanol–water partition coefficient (Wildman–Crippen LogP) is 1.11. The van der Waals surface area contributed by atoms with Gasteiger partial charge in [0.25, 0.3) is 0 Å². The van der Waals surface area contributed by atoms with Crippen molar-refractivity contribution in [3.63, 3.8) is 0 Å². The van der Waals surface area contributed by atoms with Gasteiger partial charge in [0, 0.05) is 31.2 Å². The minimum Gasteiger partial charge on any atom is -0.389 e. The van der Waals surface area contributed by atoms with Gasteiger partial charge in [0.05, 0.1) is 6.61 Å². The summed E-state index contributed by atoms with van der Waals surface area (Å²) < 4.78 is 18.4. The Kier molecular flexibility index (Phi) is 5.67. The highest BCUT2D eigenvalue weighted by Gasteiger charge is 2.07. The van der Waals surface area contributed by atoms with E-state index in [4.69, 9.17) is 22.7 Å². The molecule has 1 aromatic rings. The Bertz CT molecular complexity index is 452. The zero-order valence-corrected chi connectivity index (χ0v) is 10.8. The summed E-state index contributed by atoms with van der Waals surface area (Å²) in [6.45, 7) is 0.473. The highest BCUT2D eigenvalue weighted by Crippen LogP contribution is 2.10. The summed E-state index contributed by atoms with van der Waals surface area (Å²) >= 11 is 4.75. The third-order valence-electron chi connectivity index (χ3n) is 2.35. The summed E-state index contributed by atoms with van der Waals surface area (Å²) in [6, 6.07) is 4.45. The lowest BCUT2D eigenvalue weighted by molar-refractivity contribution is -0.122. The molecule has 0 heterocycles. The first-order valence-corrected chi connectivity index (χ1v) is 5.79. The van der Waals surface area contributed by atoms with Crippen LogP contribution in [0.25, 0.3) is 0 Å². The fourth-order valence-corrected chi connectivity index (χ4v) is 1.45. The number of hydrogen-bond donors (Lipinski definition) is 2. The average Bonchev–Trinajstić information content (AvgIpc) is 2.34. The van der Waals surface area contributed by atoms with E-state index in [0.29, 0.717) is 17.7 Å². The molecule has 1 aromatic carbocycles. The van der Waals surface area contributed by atoms with Crippen LogP contribution in [0.5, 0.6) is 0 Å². The smallest absolute Gasteiger partial charge is 0.222 e. The molecule has 0 aliphatic carbocycles. The van der Waals surface area contributed by atoms with E-state index in [1.165, 1.54) is 13.2 Å². The van der Waals surface area contributed by atoms with Gasteiger partial charge in [-0.05, 0) is 6.07 Å². The second kappa shape index (κ2) is 7.03. The third-order valence-corrected chi connectivity index (χ3v) is 2.58. The molecule has 0 aliphatic rings. The fourth-order valence-electron chi connectivity index (χ4n) is 1.32. The Morgan fingerprint density at radius 3 is 2.83 bits per heavy atom. The van der Waals surface area contributed by atoms with Crippen LogP contribution >= 0.6 is 12.2 Å². The van der Waals surface area contributed by atoms with Crippen molar-refractivity contribution in [2.45, 2.75) is 13.0 Å². The van der Waals surface area contributed by atoms with Crippen LogP contribution in [0.3, 0.4) is 0 Å². The molecule has 6 heteroatoms. The summed E-state index contributed by atoms with van der Waals surface area (Å²) in [5, 5.41) is 2.60. The van der Waals surface area contributed by atoms with Crippen molar-refractivity contribution < 1.29 is 13.9 Å². The van der Waals surface area contributed by atoms with Crippen LogP contribution in [0.15, 0.2) is 18.2 Å². The van der Waals surface area contributed by atoms with Gasteiger partial charge in [-0.1, -0.05) is 24.4 Å². The predicted molar refractivity (Wildman–Crippen MR) is 70.6 cm³/mol. The van der Waals surface area contributed by atoms with Crippen LogP contribution in [-0.2, 0) is 16.1 Å². The molecule has 98 valence electrons. The standard InChI is InChI=1S/C12H15FN2O2S/c1-17-5-4-11(16)15-7-9-3-2-8(12(14)18)6-10(9)13/h2-3,6H,4-5,7H2,1H3,(H2,14,18)(H,15,16). The molecule has 18 heavy (non-hydrogen) atoms. The van der Waals surface area contributed by atoms with Crippen LogP contribution < -0.4 is 11.1 Å². The number of halogens is 1. The number of thiocarbonyl (C=S) groups is 1. The average molecular weight is 270 g/mol. The number of hydrogen-bond acceptors (Lipinski definition) is 3. The third kappa shape index (κ3) is 4.38. The topological polar surface area (TPSA) is 64.3 Å². The number of carbonyl (C=O) groups is 1. The maximum atomic E-state index is 13.6. The Hall–Kier alpha value is -1.53. The Balaban J connectivity index is 2.58. The number of nitrogens with one attached hydrogen (secondary N) is 1. The first-order valence-electron chi connectivity index (χ1n) is 5.38. The Morgan fingerprint density at radius 2 is 2.28 bits per heavy atom. The number of carbonyl (C=O) groups excluding carboxylic acids is 1. The second-order valence-electron chi connectivity index (χ2n) is 3.69. The molecule has 0 bridgehead atoms. The zero-order chi connectivity index (χ0) is 13.5. The quantitative estimate of drug-likeness (QED) is 0.760. The lowest BCUT2D eigenvalue weighted by Crippen LogP contribution is -2.24. The van der Waals surface area contributed by atoms with Crippen molar-refractivity contribution in [3.8, 4) is 0 Å². The lowest BCUT2D eigenvalue weighted by Gasteiger charge is -2.07. The molecule has 0 unspecified atom stereocenters. The van der Waals surface area contributed by atoms with Crippen LogP contribution in [0.2, 0.25) is 0 Å². The van der Waals surface area contributed by atoms with E-state index in [1.807, 2.05) is 0 Å². The number of nitrogens with two attached hydrogens (primary N) is 1. The van der Waals surface area contributed by atoms with Crippen molar-refractivity contribution >= 4 is 23.1 Å². The van der Waals surface area contributed by atoms with Crippen molar-refractivity contribution in [2.75, 3.05) is 13.7 Å². The van der Waals surface area contributed by atoms with E-state index >= 15 is 0 Å². The monoisotopic (exact) mass is 270 g/mol. The first-order chi connectivity index (χ1) is 8.54. The van der Waals surface area contributed by atoms with Crippen molar-refractivity contribution in [1.29, 1.82) is 0 Å². The minimum absolute atomic E-state index is 0.131. The summed E-state index contributed by atoms with van der Waals surface area (Å²) in [6.07, 6.45) is 0.253. The van der Waals surface area contributed by atoms with Gasteiger partial charge >= 0.3 is 0 Å². The first kappa shape index (κ1) is 14.5. The number of rotatable bonds is 6. The van der Waals surface area contributed by atoms with E-state index < -0.39 is 5.82 Å². The molecular formula is C12H15FN2O2S. The van der Waals surface area contributed by atoms with E-state index in [2.05, 4.69) is 5.32 Å². The molecule has 0 saturated heterocycles. The fraction of sp³-hybridized carbons (Fsp3) is 0.333. The van der Waals surface area contributed by atoms with Crippen LogP contribution in [0.1, 0.15) is 17.5 Å². The van der Waals surface area contributed by atoms with Gasteiger partial charge in [-0.25, -0.2) is 4.39 Å². The molecular weight excluding hydrogens is 255 g/mol. The molecule has 0 aromatic heterocycles. The largest absolute Gasteiger partial charge is 0.389 e. The summed E-state index contributed by atoms with van der Waals surface area (Å²) in [5.74, 6) is -0.623. The van der Waals surface area contributed by atoms with Crippen molar-refractivity contribution in [1.82, 2.24) is 5.32 Å². The van der Waals surface area contributed by atoms with E-state index in [0.717, 1.165) is 0 Å². The summed E-state index contributed by atoms with van der Waals surface area (Å²) in [7, 11) is 1.52. The molecule has 1 rings (SSSR count). The molecule has 0 fully saturated rings. The SMILES string of the molecule is COCCC(=O)NCc1ccc(C(N)=S)cc1F. The molecule has 3 N–H and O–H groups in total. The minimum atomic E-state index is -0.438. The van der Waals surface area contributed by atoms with Gasteiger partial charge in [0.15, 0.2) is 0 Å². The molecule has 4 nitrogen and oxygen atoms in total. The van der Waals surface area contributed by atoms with Gasteiger partial charge in [0.2, 0.25) is 5.91 Å². The molecule has 0 saturated carbocycles. The van der Waals surface area contributed by atoms with E-state index in [-0.39, 0.29) is 23.9 Å². The maximum absolute atomic E-state index is 13.6. The van der Waals surface area contributed by atoms with Gasteiger partial charge < -0.3 is 15.8 Å². The van der Waals surface area contributed by atoms with Gasteiger partial charge in [-0.3, -0.25) is 4.79 Å². The normalized spacial score (nSPS) is 10.1. The Morgan fingerprint density at radius 1 is 1.56 bits per heavy atom. The van der Waals surface area contributed by atoms with Crippen LogP contribution in [0, 0.1) is 5.82 Å². The number of ether oxygens (including phenoxy) is 1. The molecule has 0 radical (unpaired) electrons. The second-order valence-corrected chi connectivity index (χ2v) is 4.13. The maximum Gasteiger partial charge on any atom is 0.222 e. The zero-order valence-electron chi connectivity index (χ0n) is 10.0. The highest BCUT2D eigenvalue weighted by molar-refractivity contribution is 7.80. The van der Waals surface area contributed by atoms with Gasteiger partial charge in [-0.2, -0.15) is 0 Å². The van der Waals surface area contributed by atoms with Crippen molar-refractivity contribution in [2.24, 2.45) is 5.73 Å². The van der Waals surface area contributed by atoms with E-state index in [1.54, 1.807) is 12.1 Å². The molecule has 0 spiro atoms. The number of methoxy groups -OCH3 is 1. The van der Waals surface area contributed by atoms with Crippen LogP contribution in [-0.4, -0.2) is 24.6 Å². The highest BCUT2D eigenvalue weighted by atomic mass is 32.1.